The van der Waals surface area contributed by atoms with Gasteiger partial charge in [-0.25, -0.2) is 0 Å². The first kappa shape index (κ1) is 44.0. The van der Waals surface area contributed by atoms with Gasteiger partial charge in [0.2, 0.25) is 0 Å². The Bertz CT molecular complexity index is 159. The van der Waals surface area contributed by atoms with Crippen LogP contribution in [0, 0.1) is 61.3 Å². The van der Waals surface area contributed by atoms with Crippen molar-refractivity contribution in [3.8, 4) is 0 Å². The molecule has 0 spiro atoms. The van der Waals surface area contributed by atoms with Gasteiger partial charge in [-0.3, -0.25) is 0 Å². The minimum absolute atomic E-state index is 0. The van der Waals surface area contributed by atoms with Gasteiger partial charge in [-0.1, -0.05) is 0 Å². The normalized spacial score (nSPS) is 5.05. The average molecular weight is 328 g/mol. The molecule has 0 rings (SSSR count). The van der Waals surface area contributed by atoms with Crippen molar-refractivity contribution >= 4 is 0 Å². The molecule has 0 aliphatic rings. The fraction of sp³-hybridized carbons (Fsp3) is 0. The van der Waals surface area contributed by atoms with Gasteiger partial charge in [0.1, 0.15) is 0 Å². The molecular weight excluding hydrogens is 328 g/mol. The van der Waals surface area contributed by atoms with Crippen molar-refractivity contribution in [1.29, 1.82) is 0 Å². The summed E-state index contributed by atoms with van der Waals surface area (Å²) in [6, 6.07) is 0. The SMILES string of the molecule is O=[N+]([O-])[O-].O=[N+]([O-])[O-].O=[N+]([O-])[O-].O=[N+]([O-])[O-].[O-2].[O-2].[Ti]. The fourth-order valence-electron chi connectivity index (χ4n) is 0. The summed E-state index contributed by atoms with van der Waals surface area (Å²) in [5.74, 6) is 0. The Labute approximate surface area is 115 Å². The van der Waals surface area contributed by atoms with Crippen LogP contribution < -0.4 is 0 Å². The quantitative estimate of drug-likeness (QED) is 0.287. The van der Waals surface area contributed by atoms with Crippen molar-refractivity contribution in [1.82, 2.24) is 0 Å². The van der Waals surface area contributed by atoms with E-state index in [1.807, 2.05) is 0 Å². The summed E-state index contributed by atoms with van der Waals surface area (Å²) in [7, 11) is 0. The maximum atomic E-state index is 8.25. The summed E-state index contributed by atoms with van der Waals surface area (Å²) >= 11 is 0. The van der Waals surface area contributed by atoms with E-state index in [-0.39, 0.29) is 32.7 Å². The number of rotatable bonds is 0. The molecule has 0 bridgehead atoms. The van der Waals surface area contributed by atoms with Gasteiger partial charge in [-0.2, -0.15) is 0 Å². The summed E-state index contributed by atoms with van der Waals surface area (Å²) in [5, 5.41) is 59.0. The Balaban J connectivity index is -0.0000000192. The molecule has 0 aromatic carbocycles. The Kier molecular flexibility index (Phi) is 83.6. The van der Waals surface area contributed by atoms with Crippen LogP contribution in [0.25, 0.3) is 0 Å². The van der Waals surface area contributed by atoms with Crippen LogP contribution in [0.4, 0.5) is 0 Å². The number of hydrogen-bond acceptors (Lipinski definition) is 12. The van der Waals surface area contributed by atoms with E-state index < -0.39 is 20.3 Å². The van der Waals surface area contributed by atoms with E-state index in [4.69, 9.17) is 61.3 Å². The van der Waals surface area contributed by atoms with E-state index in [0.29, 0.717) is 0 Å². The van der Waals surface area contributed by atoms with Gasteiger partial charge in [-0.15, -0.1) is 0 Å². The largest absolute Gasteiger partial charge is 2.00 e. The van der Waals surface area contributed by atoms with E-state index in [1.165, 1.54) is 0 Å². The molecule has 0 saturated carbocycles. The van der Waals surface area contributed by atoms with E-state index >= 15 is 0 Å². The summed E-state index contributed by atoms with van der Waals surface area (Å²) < 4.78 is 0. The molecule has 0 heterocycles. The van der Waals surface area contributed by atoms with Crippen molar-refractivity contribution in [2.24, 2.45) is 0 Å². The van der Waals surface area contributed by atoms with Crippen molar-refractivity contribution < 1.29 is 53.0 Å². The van der Waals surface area contributed by atoms with Crippen molar-refractivity contribution in [2.45, 2.75) is 0 Å². The van der Waals surface area contributed by atoms with E-state index in [0.717, 1.165) is 0 Å². The third kappa shape index (κ3) is 423. The summed E-state index contributed by atoms with van der Waals surface area (Å²) in [6.07, 6.45) is 0. The van der Waals surface area contributed by atoms with Crippen LogP contribution in [-0.4, -0.2) is 20.3 Å². The summed E-state index contributed by atoms with van der Waals surface area (Å²) in [5.41, 5.74) is 0. The first-order valence-electron chi connectivity index (χ1n) is 2.19. The molecule has 0 aliphatic heterocycles. The number of hydrogen-bond donors (Lipinski definition) is 0. The molecule has 0 N–H and O–H groups in total. The number of nitrogens with zero attached hydrogens (tertiary/aromatic N) is 4. The van der Waals surface area contributed by atoms with Gasteiger partial charge >= 0.3 is 0 Å². The second-order valence-electron chi connectivity index (χ2n) is 0.894. The zero-order valence-electron chi connectivity index (χ0n) is 8.00. The van der Waals surface area contributed by atoms with Crippen LogP contribution in [0.3, 0.4) is 0 Å². The average Bonchev–Trinajstić information content (AvgIpc) is 1.76. The van der Waals surface area contributed by atoms with E-state index in [1.54, 1.807) is 0 Å². The molecular formula is N4O14Ti-8. The molecule has 0 unspecified atom stereocenters. The fourth-order valence-corrected chi connectivity index (χ4v) is 0. The smallest absolute Gasteiger partial charge is 0.0689 e. The zero-order chi connectivity index (χ0) is 14.3. The molecule has 116 valence electrons. The van der Waals surface area contributed by atoms with Crippen molar-refractivity contribution in [3.63, 3.8) is 0 Å². The standard InChI is InChI=1S/4NO3.2O.Ti/c4*2-1(3)4;;;/q4*-1;2*-2;. The first-order chi connectivity index (χ1) is 6.93. The van der Waals surface area contributed by atoms with Gasteiger partial charge in [0.25, 0.3) is 0 Å². The minimum Gasteiger partial charge on any atom is -2.00 e. The predicted octanol–water partition coefficient (Wildman–Crippen LogP) is -1.20. The summed E-state index contributed by atoms with van der Waals surface area (Å²) in [4.78, 5) is 33.0. The van der Waals surface area contributed by atoms with Gasteiger partial charge in [0, 0.05) is 21.7 Å². The van der Waals surface area contributed by atoms with E-state index in [9.17, 15) is 0 Å². The maximum absolute atomic E-state index is 8.25. The maximum Gasteiger partial charge on any atom is 0.0689 e. The van der Waals surface area contributed by atoms with Crippen LogP contribution >= 0.6 is 0 Å². The molecule has 0 fully saturated rings. The second-order valence-corrected chi connectivity index (χ2v) is 0.894. The van der Waals surface area contributed by atoms with Gasteiger partial charge in [0.15, 0.2) is 0 Å². The predicted molar refractivity (Wildman–Crippen MR) is 42.8 cm³/mol. The Morgan fingerprint density at radius 2 is 0.421 bits per heavy atom. The summed E-state index contributed by atoms with van der Waals surface area (Å²) in [6.45, 7) is 0. The van der Waals surface area contributed by atoms with Crippen molar-refractivity contribution in [2.75, 3.05) is 0 Å². The van der Waals surface area contributed by atoms with Gasteiger partial charge < -0.3 is 72.2 Å². The van der Waals surface area contributed by atoms with Crippen LogP contribution in [0.15, 0.2) is 0 Å². The molecule has 0 aromatic rings. The molecule has 0 aliphatic carbocycles. The van der Waals surface area contributed by atoms with Crippen LogP contribution in [0.2, 0.25) is 0 Å². The molecule has 18 nitrogen and oxygen atoms in total. The molecule has 19 heavy (non-hydrogen) atoms. The van der Waals surface area contributed by atoms with Crippen LogP contribution in [-0.2, 0) is 32.7 Å². The monoisotopic (exact) mass is 328 g/mol. The molecule has 19 heteroatoms. The topological polar surface area (TPSA) is 322 Å². The third-order valence-electron chi connectivity index (χ3n) is 0. The van der Waals surface area contributed by atoms with Crippen molar-refractivity contribution in [3.05, 3.63) is 61.3 Å². The molecule has 0 aromatic heterocycles. The first-order valence-corrected chi connectivity index (χ1v) is 2.19. The molecule has 0 atom stereocenters. The second kappa shape index (κ2) is 36.1. The minimum atomic E-state index is -1.75. The zero-order valence-corrected chi connectivity index (χ0v) is 9.57. The Hall–Kier alpha value is -2.57. The van der Waals surface area contributed by atoms with Gasteiger partial charge in [0.05, 0.1) is 20.3 Å². The molecule has 0 saturated heterocycles. The van der Waals surface area contributed by atoms with Crippen LogP contribution in [0.5, 0.6) is 0 Å². The Morgan fingerprint density at radius 3 is 0.421 bits per heavy atom. The molecule has 0 amide bonds. The Morgan fingerprint density at radius 1 is 0.421 bits per heavy atom. The van der Waals surface area contributed by atoms with E-state index in [2.05, 4.69) is 0 Å². The van der Waals surface area contributed by atoms with Gasteiger partial charge in [-0.05, 0) is 0 Å². The molecule has 0 radical (unpaired) electrons. The third-order valence-corrected chi connectivity index (χ3v) is 0. The van der Waals surface area contributed by atoms with Crippen LogP contribution in [0.1, 0.15) is 0 Å².